The smallest absolute Gasteiger partial charge is 0.252 e. The summed E-state index contributed by atoms with van der Waals surface area (Å²) in [6.45, 7) is 3.35. The molecule has 1 aromatic rings. The highest BCUT2D eigenvalue weighted by Gasteiger charge is 2.33. The maximum Gasteiger partial charge on any atom is 0.252 e. The van der Waals surface area contributed by atoms with E-state index in [4.69, 9.17) is 0 Å². The lowest BCUT2D eigenvalue weighted by Gasteiger charge is -2.07. The highest BCUT2D eigenvalue weighted by atomic mass is 19.1. The molecular weight excluding hydrogens is 226 g/mol. The Hall–Kier alpha value is -1.78. The molecule has 1 heterocycles. The fraction of sp³-hybridized carbons (Fsp3) is 0.333. The molecule has 0 fully saturated rings. The van der Waals surface area contributed by atoms with Gasteiger partial charge >= 0.3 is 0 Å². The van der Waals surface area contributed by atoms with Crippen LogP contribution < -0.4 is 5.32 Å². The molecule has 0 aliphatic carbocycles. The van der Waals surface area contributed by atoms with Crippen LogP contribution in [0.4, 0.5) is 8.78 Å². The molecule has 0 aromatic heterocycles. The number of amidine groups is 1. The lowest BCUT2D eigenvalue weighted by atomic mass is 10.1. The molecule has 90 valence electrons. The summed E-state index contributed by atoms with van der Waals surface area (Å²) in [7, 11) is 0. The average Bonchev–Trinajstić information content (AvgIpc) is 2.45. The van der Waals surface area contributed by atoms with Crippen LogP contribution in [0.15, 0.2) is 23.2 Å². The third-order valence-electron chi connectivity index (χ3n) is 2.60. The number of nitrogens with one attached hydrogen (secondary N) is 1. The molecule has 1 amide bonds. The third kappa shape index (κ3) is 2.33. The van der Waals surface area contributed by atoms with Gasteiger partial charge in [-0.05, 0) is 25.5 Å². The summed E-state index contributed by atoms with van der Waals surface area (Å²) in [5, 5.41) is 2.59. The number of nitrogens with zero attached hydrogens (tertiary/aromatic N) is 1. The Morgan fingerprint density at radius 2 is 2.06 bits per heavy atom. The average molecular weight is 238 g/mol. The van der Waals surface area contributed by atoms with Gasteiger partial charge in [0.25, 0.3) is 5.91 Å². The third-order valence-corrected chi connectivity index (χ3v) is 2.60. The van der Waals surface area contributed by atoms with Crippen molar-refractivity contribution in [3.05, 3.63) is 35.4 Å². The number of benzene rings is 1. The quantitative estimate of drug-likeness (QED) is 0.838. The second-order valence-electron chi connectivity index (χ2n) is 4.48. The van der Waals surface area contributed by atoms with Gasteiger partial charge < -0.3 is 5.32 Å². The van der Waals surface area contributed by atoms with Gasteiger partial charge in [0.05, 0.1) is 0 Å². The number of aliphatic imine (C=N–C) groups is 1. The van der Waals surface area contributed by atoms with Crippen molar-refractivity contribution < 1.29 is 13.6 Å². The van der Waals surface area contributed by atoms with Gasteiger partial charge in [-0.15, -0.1) is 0 Å². The van der Waals surface area contributed by atoms with E-state index < -0.39 is 17.2 Å². The zero-order valence-corrected chi connectivity index (χ0v) is 9.55. The highest BCUT2D eigenvalue weighted by Crippen LogP contribution is 2.17. The summed E-state index contributed by atoms with van der Waals surface area (Å²) in [6.07, 6.45) is 0.154. The van der Waals surface area contributed by atoms with E-state index in [0.29, 0.717) is 11.4 Å². The molecule has 2 rings (SSSR count). The summed E-state index contributed by atoms with van der Waals surface area (Å²) < 4.78 is 26.1. The first-order valence-electron chi connectivity index (χ1n) is 5.22. The fourth-order valence-corrected chi connectivity index (χ4v) is 1.63. The molecule has 0 radical (unpaired) electrons. The van der Waals surface area contributed by atoms with Crippen LogP contribution in [-0.4, -0.2) is 17.3 Å². The van der Waals surface area contributed by atoms with E-state index in [9.17, 15) is 13.6 Å². The van der Waals surface area contributed by atoms with Crippen molar-refractivity contribution in [1.29, 1.82) is 0 Å². The predicted octanol–water partition coefficient (Wildman–Crippen LogP) is 1.81. The molecule has 1 aliphatic rings. The van der Waals surface area contributed by atoms with Gasteiger partial charge in [0, 0.05) is 12.5 Å². The van der Waals surface area contributed by atoms with E-state index in [1.165, 1.54) is 12.1 Å². The van der Waals surface area contributed by atoms with Gasteiger partial charge in [-0.25, -0.2) is 8.78 Å². The van der Waals surface area contributed by atoms with Gasteiger partial charge in [0.1, 0.15) is 23.0 Å². The first-order valence-corrected chi connectivity index (χ1v) is 5.22. The van der Waals surface area contributed by atoms with Gasteiger partial charge in [-0.1, -0.05) is 6.07 Å². The second kappa shape index (κ2) is 3.91. The Kier molecular flexibility index (Phi) is 2.69. The van der Waals surface area contributed by atoms with Crippen molar-refractivity contribution in [2.45, 2.75) is 25.8 Å². The summed E-state index contributed by atoms with van der Waals surface area (Å²) >= 11 is 0. The van der Waals surface area contributed by atoms with Crippen LogP contribution in [0, 0.1) is 11.6 Å². The predicted molar refractivity (Wildman–Crippen MR) is 59.7 cm³/mol. The lowest BCUT2D eigenvalue weighted by molar-refractivity contribution is -0.122. The highest BCUT2D eigenvalue weighted by molar-refractivity contribution is 6.08. The van der Waals surface area contributed by atoms with Crippen molar-refractivity contribution in [3.63, 3.8) is 0 Å². The molecule has 0 bridgehead atoms. The minimum absolute atomic E-state index is 0.154. The van der Waals surface area contributed by atoms with Gasteiger partial charge in [0.15, 0.2) is 0 Å². The monoisotopic (exact) mass is 238 g/mol. The molecule has 1 aromatic carbocycles. The van der Waals surface area contributed by atoms with Crippen LogP contribution in [0.25, 0.3) is 0 Å². The molecule has 0 saturated heterocycles. The molecule has 0 unspecified atom stereocenters. The lowest BCUT2D eigenvalue weighted by Crippen LogP contribution is -2.34. The number of carbonyl (C=O) groups is 1. The minimum Gasteiger partial charge on any atom is -0.312 e. The van der Waals surface area contributed by atoms with Crippen molar-refractivity contribution >= 4 is 11.7 Å². The zero-order valence-electron chi connectivity index (χ0n) is 9.55. The first-order chi connectivity index (χ1) is 7.88. The van der Waals surface area contributed by atoms with E-state index in [1.54, 1.807) is 13.8 Å². The fourth-order valence-electron chi connectivity index (χ4n) is 1.63. The van der Waals surface area contributed by atoms with Crippen LogP contribution in [0.3, 0.4) is 0 Å². The summed E-state index contributed by atoms with van der Waals surface area (Å²) in [5.41, 5.74) is -0.505. The maximum absolute atomic E-state index is 13.4. The van der Waals surface area contributed by atoms with Crippen molar-refractivity contribution in [1.82, 2.24) is 5.32 Å². The summed E-state index contributed by atoms with van der Waals surface area (Å²) in [5.74, 6) is -1.06. The molecule has 0 atom stereocenters. The summed E-state index contributed by atoms with van der Waals surface area (Å²) in [4.78, 5) is 15.6. The molecule has 1 N–H and O–H groups in total. The number of carbonyl (C=O) groups excluding carboxylic acids is 1. The van der Waals surface area contributed by atoms with E-state index in [0.717, 1.165) is 6.07 Å². The van der Waals surface area contributed by atoms with Crippen molar-refractivity contribution in [3.8, 4) is 0 Å². The van der Waals surface area contributed by atoms with Crippen LogP contribution in [-0.2, 0) is 11.2 Å². The Morgan fingerprint density at radius 1 is 1.35 bits per heavy atom. The number of hydrogen-bond donors (Lipinski definition) is 1. The van der Waals surface area contributed by atoms with E-state index in [1.807, 2.05) is 0 Å². The van der Waals surface area contributed by atoms with E-state index in [2.05, 4.69) is 10.3 Å². The van der Waals surface area contributed by atoms with Gasteiger partial charge in [-0.3, -0.25) is 9.79 Å². The van der Waals surface area contributed by atoms with Crippen molar-refractivity contribution in [2.75, 3.05) is 0 Å². The number of amides is 1. The normalized spacial score (nSPS) is 17.9. The zero-order chi connectivity index (χ0) is 12.6. The second-order valence-corrected chi connectivity index (χ2v) is 4.48. The van der Waals surface area contributed by atoms with Crippen LogP contribution in [0.5, 0.6) is 0 Å². The first kappa shape index (κ1) is 11.7. The van der Waals surface area contributed by atoms with Crippen LogP contribution >= 0.6 is 0 Å². The van der Waals surface area contributed by atoms with Gasteiger partial charge in [-0.2, -0.15) is 0 Å². The van der Waals surface area contributed by atoms with Crippen molar-refractivity contribution in [2.24, 2.45) is 4.99 Å². The number of halogens is 2. The minimum atomic E-state index is -0.814. The molecule has 3 nitrogen and oxygen atoms in total. The number of hydrogen-bond acceptors (Lipinski definition) is 2. The molecule has 0 spiro atoms. The number of rotatable bonds is 2. The van der Waals surface area contributed by atoms with Gasteiger partial charge in [0.2, 0.25) is 0 Å². The van der Waals surface area contributed by atoms with Crippen LogP contribution in [0.1, 0.15) is 19.4 Å². The maximum atomic E-state index is 13.4. The Morgan fingerprint density at radius 3 is 2.59 bits per heavy atom. The SMILES string of the molecule is CC1(C)N=C(Cc2ccc(F)cc2F)NC1=O. The standard InChI is InChI=1S/C12H12F2N2O/c1-12(2)11(17)15-10(16-12)5-7-3-4-8(13)6-9(7)14/h3-4,6H,5H2,1-2H3,(H,15,16,17). The van der Waals surface area contributed by atoms with E-state index >= 15 is 0 Å². The Labute approximate surface area is 97.6 Å². The molecular formula is C12H12F2N2O. The summed E-state index contributed by atoms with van der Waals surface area (Å²) in [6, 6.07) is 3.35. The molecule has 17 heavy (non-hydrogen) atoms. The Balaban J connectivity index is 2.21. The molecule has 1 aliphatic heterocycles. The van der Waals surface area contributed by atoms with Crippen LogP contribution in [0.2, 0.25) is 0 Å². The largest absolute Gasteiger partial charge is 0.312 e. The van der Waals surface area contributed by atoms with E-state index in [-0.39, 0.29) is 12.3 Å². The molecule has 5 heteroatoms. The Bertz CT molecular complexity index is 509. The topological polar surface area (TPSA) is 41.5 Å². The molecule has 0 saturated carbocycles.